The van der Waals surface area contributed by atoms with Gasteiger partial charge in [0.25, 0.3) is 0 Å². The van der Waals surface area contributed by atoms with Crippen molar-refractivity contribution in [1.82, 2.24) is 9.55 Å². The number of amides is 1. The average molecular weight is 516 g/mol. The number of para-hydroxylation sites is 2. The van der Waals surface area contributed by atoms with Crippen molar-refractivity contribution >= 4 is 50.3 Å². The zero-order valence-corrected chi connectivity index (χ0v) is 17.9. The zero-order chi connectivity index (χ0) is 22.3. The highest BCUT2D eigenvalue weighted by Crippen LogP contribution is 2.38. The van der Waals surface area contributed by atoms with Crippen LogP contribution in [0.4, 0.5) is 18.9 Å². The molecule has 1 atom stereocenters. The fraction of sp³-hybridized carbons (Fsp3) is 0.211. The molecule has 1 aliphatic rings. The van der Waals surface area contributed by atoms with Crippen molar-refractivity contribution in [2.75, 3.05) is 11.1 Å². The quantitative estimate of drug-likeness (QED) is 0.511. The fourth-order valence-corrected chi connectivity index (χ4v) is 5.18. The van der Waals surface area contributed by atoms with E-state index in [4.69, 9.17) is 0 Å². The van der Waals surface area contributed by atoms with Crippen LogP contribution in [0.1, 0.15) is 12.5 Å². The third kappa shape index (κ3) is 4.49. The van der Waals surface area contributed by atoms with Gasteiger partial charge in [0.1, 0.15) is 0 Å². The van der Waals surface area contributed by atoms with Crippen LogP contribution in [0, 0.1) is 0 Å². The number of hydrogen-bond donors (Lipinski definition) is 2. The van der Waals surface area contributed by atoms with Gasteiger partial charge in [0.05, 0.1) is 22.8 Å². The lowest BCUT2D eigenvalue weighted by Crippen LogP contribution is -2.41. The minimum atomic E-state index is -4.91. The second kappa shape index (κ2) is 8.08. The van der Waals surface area contributed by atoms with Gasteiger partial charge in [-0.25, -0.2) is 0 Å². The van der Waals surface area contributed by atoms with Crippen LogP contribution in [-0.2, 0) is 4.79 Å². The number of H-pyrrole nitrogens is 1. The molecule has 0 saturated heterocycles. The molecule has 2 heterocycles. The maximum atomic E-state index is 12.6. The van der Waals surface area contributed by atoms with Gasteiger partial charge in [-0.1, -0.05) is 28.1 Å². The summed E-state index contributed by atoms with van der Waals surface area (Å²) in [7, 11) is 0. The number of nitrogens with one attached hydrogen (secondary N) is 2. The summed E-state index contributed by atoms with van der Waals surface area (Å²) in [6.45, 7) is 0. The van der Waals surface area contributed by atoms with Crippen molar-refractivity contribution < 1.29 is 22.7 Å². The number of halogens is 4. The summed E-state index contributed by atoms with van der Waals surface area (Å²) < 4.78 is 43.7. The van der Waals surface area contributed by atoms with E-state index < -0.39 is 35.2 Å². The number of carbonyl (C=O) groups excluding carboxylic acids is 1. The number of alkyl halides is 3. The molecule has 0 fully saturated rings. The van der Waals surface area contributed by atoms with Crippen LogP contribution >= 0.6 is 27.7 Å². The predicted octanol–water partition coefficient (Wildman–Crippen LogP) is 4.03. The number of anilines is 1. The Morgan fingerprint density at radius 1 is 1.29 bits per heavy atom. The number of rotatable bonds is 4. The van der Waals surface area contributed by atoms with Crippen LogP contribution in [0.15, 0.2) is 55.4 Å². The van der Waals surface area contributed by atoms with E-state index >= 15 is 0 Å². The Balaban J connectivity index is 1.64. The monoisotopic (exact) mass is 515 g/mol. The van der Waals surface area contributed by atoms with Crippen molar-refractivity contribution in [3.8, 4) is 5.75 Å². The smallest absolute Gasteiger partial charge is 0.404 e. The van der Waals surface area contributed by atoms with Crippen LogP contribution in [0.5, 0.6) is 5.75 Å². The number of aromatic amines is 1. The second-order valence-corrected chi connectivity index (χ2v) is 8.67. The molecule has 1 unspecified atom stereocenters. The van der Waals surface area contributed by atoms with Crippen molar-refractivity contribution in [3.05, 3.63) is 61.6 Å². The highest BCUT2D eigenvalue weighted by atomic mass is 79.9. The van der Waals surface area contributed by atoms with Crippen molar-refractivity contribution in [1.29, 1.82) is 0 Å². The molecule has 1 aliphatic heterocycles. The second-order valence-electron chi connectivity index (χ2n) is 6.69. The Bertz CT molecular complexity index is 1310. The van der Waals surface area contributed by atoms with Crippen LogP contribution < -0.4 is 21.2 Å². The van der Waals surface area contributed by atoms with Gasteiger partial charge in [-0.05, 0) is 24.3 Å². The van der Waals surface area contributed by atoms with Crippen molar-refractivity contribution in [3.63, 3.8) is 0 Å². The molecular weight excluding hydrogens is 503 g/mol. The van der Waals surface area contributed by atoms with Gasteiger partial charge in [-0.3, -0.25) is 19.0 Å². The molecule has 2 N–H and O–H groups in total. The van der Waals surface area contributed by atoms with Crippen LogP contribution in [0.3, 0.4) is 0 Å². The molecule has 0 radical (unpaired) electrons. The minimum absolute atomic E-state index is 0.152. The van der Waals surface area contributed by atoms with E-state index in [1.807, 2.05) is 6.07 Å². The molecule has 3 aromatic rings. The molecule has 0 saturated carbocycles. The Hall–Kier alpha value is -2.73. The van der Waals surface area contributed by atoms with Crippen LogP contribution in [0.25, 0.3) is 11.0 Å². The highest BCUT2D eigenvalue weighted by Gasteiger charge is 2.32. The molecule has 7 nitrogen and oxygen atoms in total. The first kappa shape index (κ1) is 21.5. The molecule has 0 aliphatic carbocycles. The van der Waals surface area contributed by atoms with Gasteiger partial charge in [-0.15, -0.1) is 24.9 Å². The first-order valence-electron chi connectivity index (χ1n) is 8.88. The maximum absolute atomic E-state index is 12.6. The summed E-state index contributed by atoms with van der Waals surface area (Å²) in [5, 5.41) is 2.40. The number of benzene rings is 2. The average Bonchev–Trinajstić information content (AvgIpc) is 2.67. The number of thioether (sulfide) groups is 1. The summed E-state index contributed by atoms with van der Waals surface area (Å²) in [5.41, 5.74) is -0.827. The topological polar surface area (TPSA) is 93.2 Å². The Morgan fingerprint density at radius 3 is 2.77 bits per heavy atom. The lowest BCUT2D eigenvalue weighted by Gasteiger charge is -2.27. The highest BCUT2D eigenvalue weighted by molar-refractivity contribution is 9.10. The standard InChI is InChI=1S/C19H13BrF3N3O4S/c20-9-5-12-16-14(6-9)31-8-10(26(16)18(29)17(28)25-12)7-15(27)24-11-3-1-2-4-13(11)30-19(21,22)23/h1-6,10H,7-8H2,(H,24,27)(H,25,28). The summed E-state index contributed by atoms with van der Waals surface area (Å²) in [6, 6.07) is 7.96. The van der Waals surface area contributed by atoms with E-state index in [1.54, 1.807) is 6.07 Å². The normalized spacial score (nSPS) is 15.7. The number of nitrogens with zero attached hydrogens (tertiary/aromatic N) is 1. The lowest BCUT2D eigenvalue weighted by molar-refractivity contribution is -0.274. The first-order valence-corrected chi connectivity index (χ1v) is 10.7. The number of carbonyl (C=O) groups is 1. The lowest BCUT2D eigenvalue weighted by atomic mass is 10.1. The third-order valence-electron chi connectivity index (χ3n) is 4.55. The van der Waals surface area contributed by atoms with Gasteiger partial charge in [0, 0.05) is 21.5 Å². The Morgan fingerprint density at radius 2 is 2.03 bits per heavy atom. The Labute approximate surface area is 184 Å². The molecule has 1 aromatic heterocycles. The molecule has 12 heteroatoms. The van der Waals surface area contributed by atoms with Gasteiger partial charge < -0.3 is 15.0 Å². The molecule has 0 bridgehead atoms. The minimum Gasteiger partial charge on any atom is -0.404 e. The summed E-state index contributed by atoms with van der Waals surface area (Å²) in [4.78, 5) is 40.6. The Kier molecular flexibility index (Phi) is 5.60. The zero-order valence-electron chi connectivity index (χ0n) is 15.5. The molecule has 4 rings (SSSR count). The van der Waals surface area contributed by atoms with E-state index in [-0.39, 0.29) is 12.1 Å². The van der Waals surface area contributed by atoms with Gasteiger partial charge in [0.15, 0.2) is 5.75 Å². The van der Waals surface area contributed by atoms with E-state index in [0.717, 1.165) is 15.4 Å². The number of aromatic nitrogens is 2. The van der Waals surface area contributed by atoms with E-state index in [9.17, 15) is 27.6 Å². The van der Waals surface area contributed by atoms with E-state index in [2.05, 4.69) is 31.0 Å². The van der Waals surface area contributed by atoms with Crippen molar-refractivity contribution in [2.45, 2.75) is 23.7 Å². The van der Waals surface area contributed by atoms with Crippen LogP contribution in [-0.4, -0.2) is 27.6 Å². The largest absolute Gasteiger partial charge is 0.573 e. The molecule has 162 valence electrons. The summed E-state index contributed by atoms with van der Waals surface area (Å²) in [6.07, 6.45) is -5.13. The van der Waals surface area contributed by atoms with Gasteiger partial charge in [0.2, 0.25) is 5.91 Å². The fourth-order valence-electron chi connectivity index (χ4n) is 3.37. The molecule has 31 heavy (non-hydrogen) atoms. The molecule has 1 amide bonds. The maximum Gasteiger partial charge on any atom is 0.573 e. The van der Waals surface area contributed by atoms with Crippen molar-refractivity contribution in [2.24, 2.45) is 0 Å². The molecule has 0 spiro atoms. The number of hydrogen-bond acceptors (Lipinski definition) is 5. The summed E-state index contributed by atoms with van der Waals surface area (Å²) >= 11 is 4.77. The molecular formula is C19H13BrF3N3O4S. The molecule has 2 aromatic carbocycles. The predicted molar refractivity (Wildman–Crippen MR) is 113 cm³/mol. The van der Waals surface area contributed by atoms with Gasteiger partial charge >= 0.3 is 17.5 Å². The van der Waals surface area contributed by atoms with Gasteiger partial charge in [-0.2, -0.15) is 0 Å². The summed E-state index contributed by atoms with van der Waals surface area (Å²) in [5.74, 6) is -0.840. The van der Waals surface area contributed by atoms with Crippen LogP contribution in [0.2, 0.25) is 0 Å². The number of ether oxygens (including phenoxy) is 1. The first-order chi connectivity index (χ1) is 14.6. The van der Waals surface area contributed by atoms with E-state index in [1.165, 1.54) is 34.5 Å². The third-order valence-corrected chi connectivity index (χ3v) is 6.18. The van der Waals surface area contributed by atoms with E-state index in [0.29, 0.717) is 16.8 Å². The SMILES string of the molecule is O=C(CC1CSc2cc(Br)cc3[nH]c(=O)c(=O)n1c23)Nc1ccccc1OC(F)(F)F.